The van der Waals surface area contributed by atoms with Crippen LogP contribution >= 0.6 is 27.3 Å². The van der Waals surface area contributed by atoms with Crippen LogP contribution in [0.1, 0.15) is 17.5 Å². The molecule has 1 unspecified atom stereocenters. The number of hydrogen-bond donors (Lipinski definition) is 1. The first-order chi connectivity index (χ1) is 8.60. The molecule has 1 atom stereocenters. The second-order valence-electron chi connectivity index (χ2n) is 4.58. The van der Waals surface area contributed by atoms with Gasteiger partial charge in [-0.3, -0.25) is 0 Å². The van der Waals surface area contributed by atoms with Crippen molar-refractivity contribution in [3.05, 3.63) is 39.3 Å². The standard InChI is InChI=1S/C14H17BrN2S/c1-9(8-16)6-13-10(2)17-14(18-13)11-4-3-5-12(15)7-11/h3-5,7,9H,6,8,16H2,1-2H3. The minimum atomic E-state index is 0.513. The summed E-state index contributed by atoms with van der Waals surface area (Å²) in [7, 11) is 0. The molecule has 2 nitrogen and oxygen atoms in total. The van der Waals surface area contributed by atoms with E-state index < -0.39 is 0 Å². The fraction of sp³-hybridized carbons (Fsp3) is 0.357. The summed E-state index contributed by atoms with van der Waals surface area (Å²) in [5.41, 5.74) is 7.99. The molecule has 18 heavy (non-hydrogen) atoms. The first-order valence-electron chi connectivity index (χ1n) is 6.02. The predicted octanol–water partition coefficient (Wildman–Crippen LogP) is 4.02. The van der Waals surface area contributed by atoms with Crippen molar-refractivity contribution in [2.75, 3.05) is 6.54 Å². The zero-order valence-electron chi connectivity index (χ0n) is 10.6. The Morgan fingerprint density at radius 2 is 2.22 bits per heavy atom. The second kappa shape index (κ2) is 5.95. The van der Waals surface area contributed by atoms with E-state index in [-0.39, 0.29) is 0 Å². The smallest absolute Gasteiger partial charge is 0.123 e. The number of nitrogens with two attached hydrogens (primary N) is 1. The fourth-order valence-corrected chi connectivity index (χ4v) is 3.38. The van der Waals surface area contributed by atoms with Crippen LogP contribution in [0.4, 0.5) is 0 Å². The van der Waals surface area contributed by atoms with E-state index in [0.29, 0.717) is 5.92 Å². The lowest BCUT2D eigenvalue weighted by molar-refractivity contribution is 0.596. The molecule has 1 aromatic carbocycles. The normalized spacial score (nSPS) is 12.7. The number of aryl methyl sites for hydroxylation is 1. The molecule has 0 bridgehead atoms. The van der Waals surface area contributed by atoms with Crippen LogP contribution in [0.25, 0.3) is 10.6 Å². The molecule has 2 aromatic rings. The van der Waals surface area contributed by atoms with Gasteiger partial charge in [0.15, 0.2) is 0 Å². The van der Waals surface area contributed by atoms with Gasteiger partial charge in [-0.2, -0.15) is 0 Å². The third-order valence-electron chi connectivity index (χ3n) is 2.90. The number of rotatable bonds is 4. The van der Waals surface area contributed by atoms with Crippen LogP contribution in [0.5, 0.6) is 0 Å². The largest absolute Gasteiger partial charge is 0.330 e. The lowest BCUT2D eigenvalue weighted by atomic mass is 10.1. The van der Waals surface area contributed by atoms with Crippen molar-refractivity contribution in [1.29, 1.82) is 0 Å². The number of hydrogen-bond acceptors (Lipinski definition) is 3. The zero-order chi connectivity index (χ0) is 13.1. The highest BCUT2D eigenvalue weighted by atomic mass is 79.9. The quantitative estimate of drug-likeness (QED) is 0.922. The van der Waals surface area contributed by atoms with Gasteiger partial charge in [0.25, 0.3) is 0 Å². The van der Waals surface area contributed by atoms with E-state index in [9.17, 15) is 0 Å². The van der Waals surface area contributed by atoms with E-state index >= 15 is 0 Å². The van der Waals surface area contributed by atoms with Crippen molar-refractivity contribution >= 4 is 27.3 Å². The summed E-state index contributed by atoms with van der Waals surface area (Å²) in [5.74, 6) is 0.513. The molecule has 2 rings (SSSR count). The third-order valence-corrected chi connectivity index (χ3v) is 4.62. The number of benzene rings is 1. The molecule has 0 saturated heterocycles. The van der Waals surface area contributed by atoms with Gasteiger partial charge < -0.3 is 5.73 Å². The maximum atomic E-state index is 5.69. The van der Waals surface area contributed by atoms with Crippen LogP contribution in [-0.4, -0.2) is 11.5 Å². The van der Waals surface area contributed by atoms with Gasteiger partial charge in [-0.25, -0.2) is 4.98 Å². The molecule has 2 N–H and O–H groups in total. The Bertz CT molecular complexity index is 536. The SMILES string of the molecule is Cc1nc(-c2cccc(Br)c2)sc1CC(C)CN. The van der Waals surface area contributed by atoms with Gasteiger partial charge in [0.1, 0.15) is 5.01 Å². The Kier molecular flexibility index (Phi) is 4.54. The van der Waals surface area contributed by atoms with E-state index in [4.69, 9.17) is 5.73 Å². The van der Waals surface area contributed by atoms with Crippen LogP contribution in [0.2, 0.25) is 0 Å². The van der Waals surface area contributed by atoms with Gasteiger partial charge in [-0.05, 0) is 37.9 Å². The molecule has 0 saturated carbocycles. The van der Waals surface area contributed by atoms with Gasteiger partial charge in [-0.15, -0.1) is 11.3 Å². The fourth-order valence-electron chi connectivity index (χ4n) is 1.76. The van der Waals surface area contributed by atoms with Crippen molar-refractivity contribution in [2.45, 2.75) is 20.3 Å². The molecule has 0 aliphatic carbocycles. The molecule has 0 aliphatic heterocycles. The Labute approximate surface area is 120 Å². The summed E-state index contributed by atoms with van der Waals surface area (Å²) in [6, 6.07) is 8.27. The summed E-state index contributed by atoms with van der Waals surface area (Å²) in [6.07, 6.45) is 1.02. The Balaban J connectivity index is 2.28. The van der Waals surface area contributed by atoms with E-state index in [0.717, 1.165) is 28.1 Å². The van der Waals surface area contributed by atoms with Gasteiger partial charge in [-0.1, -0.05) is 35.0 Å². The van der Waals surface area contributed by atoms with E-state index in [2.05, 4.69) is 46.9 Å². The molecular weight excluding hydrogens is 308 g/mol. The van der Waals surface area contributed by atoms with Crippen molar-refractivity contribution in [3.8, 4) is 10.6 Å². The van der Waals surface area contributed by atoms with Crippen molar-refractivity contribution in [1.82, 2.24) is 4.98 Å². The van der Waals surface area contributed by atoms with Crippen LogP contribution in [0, 0.1) is 12.8 Å². The minimum absolute atomic E-state index is 0.513. The first-order valence-corrected chi connectivity index (χ1v) is 7.63. The highest BCUT2D eigenvalue weighted by Gasteiger charge is 2.12. The predicted molar refractivity (Wildman–Crippen MR) is 81.9 cm³/mol. The Morgan fingerprint density at radius 1 is 1.44 bits per heavy atom. The highest BCUT2D eigenvalue weighted by Crippen LogP contribution is 2.30. The molecule has 0 spiro atoms. The maximum Gasteiger partial charge on any atom is 0.123 e. The van der Waals surface area contributed by atoms with E-state index in [1.165, 1.54) is 10.4 Å². The number of nitrogens with zero attached hydrogens (tertiary/aromatic N) is 1. The monoisotopic (exact) mass is 324 g/mol. The van der Waals surface area contributed by atoms with Gasteiger partial charge >= 0.3 is 0 Å². The second-order valence-corrected chi connectivity index (χ2v) is 6.58. The molecule has 0 amide bonds. The van der Waals surface area contributed by atoms with E-state index in [1.54, 1.807) is 11.3 Å². The summed E-state index contributed by atoms with van der Waals surface area (Å²) in [5, 5.41) is 1.09. The van der Waals surface area contributed by atoms with Gasteiger partial charge in [0.05, 0.1) is 5.69 Å². The number of aromatic nitrogens is 1. The molecule has 0 radical (unpaired) electrons. The van der Waals surface area contributed by atoms with Crippen LogP contribution < -0.4 is 5.73 Å². The summed E-state index contributed by atoms with van der Waals surface area (Å²) < 4.78 is 1.09. The molecular formula is C14H17BrN2S. The summed E-state index contributed by atoms with van der Waals surface area (Å²) >= 11 is 5.27. The van der Waals surface area contributed by atoms with Crippen LogP contribution in [-0.2, 0) is 6.42 Å². The first kappa shape index (κ1) is 13.7. The van der Waals surface area contributed by atoms with Crippen LogP contribution in [0.3, 0.4) is 0 Å². The van der Waals surface area contributed by atoms with Crippen molar-refractivity contribution in [2.24, 2.45) is 11.7 Å². The molecule has 0 fully saturated rings. The zero-order valence-corrected chi connectivity index (χ0v) is 13.0. The summed E-state index contributed by atoms with van der Waals surface area (Å²) in [4.78, 5) is 6.02. The lowest BCUT2D eigenvalue weighted by Crippen LogP contribution is -2.12. The van der Waals surface area contributed by atoms with Gasteiger partial charge in [0.2, 0.25) is 0 Å². The maximum absolute atomic E-state index is 5.69. The Hall–Kier alpha value is -0.710. The third kappa shape index (κ3) is 3.19. The average Bonchev–Trinajstić information content (AvgIpc) is 2.71. The van der Waals surface area contributed by atoms with Gasteiger partial charge in [0, 0.05) is 14.9 Å². The molecule has 0 aliphatic rings. The lowest BCUT2D eigenvalue weighted by Gasteiger charge is -2.05. The Morgan fingerprint density at radius 3 is 2.89 bits per heavy atom. The van der Waals surface area contributed by atoms with Crippen molar-refractivity contribution in [3.63, 3.8) is 0 Å². The topological polar surface area (TPSA) is 38.9 Å². The molecule has 4 heteroatoms. The number of thiazole rings is 1. The minimum Gasteiger partial charge on any atom is -0.330 e. The molecule has 1 heterocycles. The molecule has 1 aromatic heterocycles. The average molecular weight is 325 g/mol. The summed E-state index contributed by atoms with van der Waals surface area (Å²) in [6.45, 7) is 4.98. The highest BCUT2D eigenvalue weighted by molar-refractivity contribution is 9.10. The van der Waals surface area contributed by atoms with Crippen molar-refractivity contribution < 1.29 is 0 Å². The van der Waals surface area contributed by atoms with E-state index in [1.807, 2.05) is 12.1 Å². The molecule has 96 valence electrons. The van der Waals surface area contributed by atoms with Crippen LogP contribution in [0.15, 0.2) is 28.7 Å². The number of halogens is 1.